The quantitative estimate of drug-likeness (QED) is 0.639. The van der Waals surface area contributed by atoms with E-state index in [4.69, 9.17) is 25.9 Å². The number of hydrogen-bond donors (Lipinski definition) is 0. The predicted octanol–water partition coefficient (Wildman–Crippen LogP) is 3.22. The molecular weight excluding hydrogens is 330 g/mol. The van der Waals surface area contributed by atoms with Crippen LogP contribution in [0.5, 0.6) is 17.4 Å². The Hall–Kier alpha value is -3.77. The molecule has 0 aliphatic heterocycles. The molecule has 0 atom stereocenters. The fourth-order valence-corrected chi connectivity index (χ4v) is 2.43. The maximum Gasteiger partial charge on any atom is 0.226 e. The van der Waals surface area contributed by atoms with Crippen molar-refractivity contribution in [3.8, 4) is 47.2 Å². The summed E-state index contributed by atoms with van der Waals surface area (Å²) in [4.78, 5) is 9.04. The molecule has 3 aromatic rings. The Kier molecular flexibility index (Phi) is 5.16. The van der Waals surface area contributed by atoms with Gasteiger partial charge in [0.25, 0.3) is 0 Å². The first kappa shape index (κ1) is 17.1. The van der Waals surface area contributed by atoms with Gasteiger partial charge in [-0.25, -0.2) is 4.98 Å². The molecular formula is C20H15N3O3. The van der Waals surface area contributed by atoms with Crippen molar-refractivity contribution in [1.82, 2.24) is 9.97 Å². The zero-order valence-electron chi connectivity index (χ0n) is 14.1. The number of hydrogen-bond acceptors (Lipinski definition) is 6. The van der Waals surface area contributed by atoms with E-state index in [1.54, 1.807) is 19.2 Å². The van der Waals surface area contributed by atoms with Gasteiger partial charge in [-0.15, -0.1) is 6.42 Å². The summed E-state index contributed by atoms with van der Waals surface area (Å²) >= 11 is 0. The summed E-state index contributed by atoms with van der Waals surface area (Å²) < 4.78 is 16.3. The van der Waals surface area contributed by atoms with Gasteiger partial charge in [-0.05, 0) is 30.3 Å². The average Bonchev–Trinajstić information content (AvgIpc) is 2.70. The van der Waals surface area contributed by atoms with Crippen LogP contribution in [0.1, 0.15) is 0 Å². The molecule has 1 aromatic heterocycles. The van der Waals surface area contributed by atoms with Gasteiger partial charge < -0.3 is 14.2 Å². The largest absolute Gasteiger partial charge is 0.493 e. The Morgan fingerprint density at radius 3 is 2.65 bits per heavy atom. The van der Waals surface area contributed by atoms with Crippen molar-refractivity contribution in [1.29, 1.82) is 5.26 Å². The Morgan fingerprint density at radius 2 is 1.88 bits per heavy atom. The van der Waals surface area contributed by atoms with Crippen LogP contribution in [0.4, 0.5) is 0 Å². The van der Waals surface area contributed by atoms with Crippen LogP contribution in [0.2, 0.25) is 0 Å². The molecule has 0 amide bonds. The first-order valence-electron chi connectivity index (χ1n) is 7.78. The number of aromatic nitrogens is 2. The third kappa shape index (κ3) is 3.50. The van der Waals surface area contributed by atoms with Gasteiger partial charge in [-0.3, -0.25) is 0 Å². The molecule has 0 saturated heterocycles. The number of ether oxygens (including phenoxy) is 3. The molecule has 3 rings (SSSR count). The molecule has 0 saturated carbocycles. The van der Waals surface area contributed by atoms with E-state index in [9.17, 15) is 0 Å². The highest BCUT2D eigenvalue weighted by Gasteiger charge is 2.13. The molecule has 0 bridgehead atoms. The second kappa shape index (κ2) is 7.87. The normalized spacial score (nSPS) is 9.96. The van der Waals surface area contributed by atoms with Crippen molar-refractivity contribution >= 4 is 10.9 Å². The molecule has 6 nitrogen and oxygen atoms in total. The van der Waals surface area contributed by atoms with Crippen LogP contribution in [0.25, 0.3) is 22.3 Å². The highest BCUT2D eigenvalue weighted by molar-refractivity contribution is 5.85. The smallest absolute Gasteiger partial charge is 0.226 e. The Morgan fingerprint density at radius 1 is 1.04 bits per heavy atom. The third-order valence-corrected chi connectivity index (χ3v) is 3.57. The average molecular weight is 345 g/mol. The van der Waals surface area contributed by atoms with Crippen LogP contribution in [-0.4, -0.2) is 30.3 Å². The molecule has 0 aliphatic carbocycles. The van der Waals surface area contributed by atoms with E-state index in [-0.39, 0.29) is 13.2 Å². The molecule has 6 heteroatoms. The summed E-state index contributed by atoms with van der Waals surface area (Å²) in [5.74, 6) is 4.29. The number of methoxy groups -OCH3 is 1. The fourth-order valence-electron chi connectivity index (χ4n) is 2.43. The van der Waals surface area contributed by atoms with E-state index in [2.05, 4.69) is 15.9 Å². The number of rotatable bonds is 6. The number of nitrogens with zero attached hydrogens (tertiary/aromatic N) is 3. The second-order valence-electron chi connectivity index (χ2n) is 5.17. The third-order valence-electron chi connectivity index (χ3n) is 3.57. The van der Waals surface area contributed by atoms with E-state index in [0.717, 1.165) is 16.5 Å². The number of nitriles is 1. The van der Waals surface area contributed by atoms with Crippen LogP contribution in [0.3, 0.4) is 0 Å². The topological polar surface area (TPSA) is 77.3 Å². The lowest BCUT2D eigenvalue weighted by Crippen LogP contribution is -2.01. The van der Waals surface area contributed by atoms with Crippen LogP contribution >= 0.6 is 0 Å². The van der Waals surface area contributed by atoms with Gasteiger partial charge in [0.15, 0.2) is 23.9 Å². The maximum absolute atomic E-state index is 8.79. The highest BCUT2D eigenvalue weighted by atomic mass is 16.5. The molecule has 0 fully saturated rings. The summed E-state index contributed by atoms with van der Waals surface area (Å²) in [6.07, 6.45) is 5.23. The van der Waals surface area contributed by atoms with Crippen molar-refractivity contribution in [2.75, 3.05) is 20.3 Å². The lowest BCUT2D eigenvalue weighted by Gasteiger charge is -2.12. The van der Waals surface area contributed by atoms with E-state index >= 15 is 0 Å². The predicted molar refractivity (Wildman–Crippen MR) is 97.0 cm³/mol. The minimum absolute atomic E-state index is 0.0946. The van der Waals surface area contributed by atoms with E-state index in [0.29, 0.717) is 23.2 Å². The lowest BCUT2D eigenvalue weighted by molar-refractivity contribution is 0.331. The minimum atomic E-state index is -0.0946. The standard InChI is InChI=1S/C20H15N3O3/c1-3-11-25-17-9-8-14(13-18(17)24-2)19-22-16-7-5-4-6-15(16)20(23-19)26-12-10-21/h1,4-9,13H,11-12H2,2H3. The fraction of sp³-hybridized carbons (Fsp3) is 0.150. The molecule has 26 heavy (non-hydrogen) atoms. The van der Waals surface area contributed by atoms with Gasteiger partial charge in [-0.1, -0.05) is 18.1 Å². The number of benzene rings is 2. The van der Waals surface area contributed by atoms with Crippen LogP contribution in [0.15, 0.2) is 42.5 Å². The van der Waals surface area contributed by atoms with Gasteiger partial charge in [0.1, 0.15) is 12.7 Å². The molecule has 0 N–H and O–H groups in total. The molecule has 0 unspecified atom stereocenters. The van der Waals surface area contributed by atoms with Crippen molar-refractivity contribution in [2.45, 2.75) is 0 Å². The van der Waals surface area contributed by atoms with Crippen molar-refractivity contribution < 1.29 is 14.2 Å². The molecule has 0 spiro atoms. The summed E-state index contributed by atoms with van der Waals surface area (Å²) in [5.41, 5.74) is 1.44. The van der Waals surface area contributed by atoms with Crippen LogP contribution in [-0.2, 0) is 0 Å². The maximum atomic E-state index is 8.79. The van der Waals surface area contributed by atoms with Crippen molar-refractivity contribution in [3.05, 3.63) is 42.5 Å². The summed E-state index contributed by atoms with van der Waals surface area (Å²) in [7, 11) is 1.55. The van der Waals surface area contributed by atoms with Gasteiger partial charge in [0.2, 0.25) is 5.88 Å². The molecule has 0 radical (unpaired) electrons. The lowest BCUT2D eigenvalue weighted by atomic mass is 10.1. The van der Waals surface area contributed by atoms with Gasteiger partial charge in [0, 0.05) is 5.56 Å². The zero-order valence-corrected chi connectivity index (χ0v) is 14.1. The monoisotopic (exact) mass is 345 g/mol. The number of para-hydroxylation sites is 1. The van der Waals surface area contributed by atoms with E-state index in [1.807, 2.05) is 36.4 Å². The molecule has 0 aliphatic rings. The van der Waals surface area contributed by atoms with Crippen LogP contribution in [0, 0.1) is 23.7 Å². The SMILES string of the molecule is C#CCOc1ccc(-c2nc(OCC#N)c3ccccc3n2)cc1OC. The van der Waals surface area contributed by atoms with Crippen molar-refractivity contribution in [3.63, 3.8) is 0 Å². The van der Waals surface area contributed by atoms with Crippen LogP contribution < -0.4 is 14.2 Å². The zero-order chi connectivity index (χ0) is 18.4. The molecule has 2 aromatic carbocycles. The van der Waals surface area contributed by atoms with Gasteiger partial charge in [-0.2, -0.15) is 10.2 Å². The minimum Gasteiger partial charge on any atom is -0.493 e. The summed E-state index contributed by atoms with van der Waals surface area (Å²) in [6, 6.07) is 14.7. The first-order chi connectivity index (χ1) is 12.8. The van der Waals surface area contributed by atoms with Gasteiger partial charge >= 0.3 is 0 Å². The summed E-state index contributed by atoms with van der Waals surface area (Å²) in [6.45, 7) is 0.0525. The van der Waals surface area contributed by atoms with E-state index in [1.165, 1.54) is 0 Å². The van der Waals surface area contributed by atoms with Gasteiger partial charge in [0.05, 0.1) is 18.0 Å². The highest BCUT2D eigenvalue weighted by Crippen LogP contribution is 2.33. The Labute approximate surface area is 151 Å². The second-order valence-corrected chi connectivity index (χ2v) is 5.17. The number of terminal acetylenes is 1. The Bertz CT molecular complexity index is 1020. The molecule has 1 heterocycles. The molecule has 128 valence electrons. The summed E-state index contributed by atoms with van der Waals surface area (Å²) in [5, 5.41) is 9.54. The van der Waals surface area contributed by atoms with E-state index < -0.39 is 0 Å². The Balaban J connectivity index is 2.07. The van der Waals surface area contributed by atoms with Crippen molar-refractivity contribution in [2.24, 2.45) is 0 Å². The number of fused-ring (bicyclic) bond motifs is 1. The first-order valence-corrected chi connectivity index (χ1v) is 7.78.